The van der Waals surface area contributed by atoms with Gasteiger partial charge in [-0.2, -0.15) is 0 Å². The Morgan fingerprint density at radius 3 is 2.50 bits per heavy atom. The number of halogens is 1. The molecule has 1 aliphatic heterocycles. The number of benzodiazepines with no additional fused rings is 1. The van der Waals surface area contributed by atoms with Crippen LogP contribution < -0.4 is 15.5 Å². The number of benzene rings is 3. The SMILES string of the molecule is COC(=O)c1ccc(CN2C(=O)[C@H](NC(=O)Nc3cccc(C)c3)N=C(c3ccccc3F)c3ccccc32)s1. The Balaban J connectivity index is 1.56. The molecule has 5 rings (SSSR count). The van der Waals surface area contributed by atoms with Gasteiger partial charge in [0.1, 0.15) is 10.7 Å². The Morgan fingerprint density at radius 1 is 1.00 bits per heavy atom. The molecule has 1 atom stereocenters. The number of anilines is 2. The molecule has 1 aliphatic rings. The van der Waals surface area contributed by atoms with Gasteiger partial charge in [0.15, 0.2) is 0 Å². The maximum Gasteiger partial charge on any atom is 0.348 e. The van der Waals surface area contributed by atoms with Crippen LogP contribution in [0.5, 0.6) is 0 Å². The number of carbonyl (C=O) groups excluding carboxylic acids is 3. The predicted octanol–water partition coefficient (Wildman–Crippen LogP) is 5.51. The largest absolute Gasteiger partial charge is 0.465 e. The number of rotatable bonds is 6. The number of aliphatic imine (C=N–C) groups is 1. The quantitative estimate of drug-likeness (QED) is 0.306. The van der Waals surface area contributed by atoms with E-state index < -0.39 is 29.9 Å². The summed E-state index contributed by atoms with van der Waals surface area (Å²) in [4.78, 5) is 46.2. The van der Waals surface area contributed by atoms with Crippen molar-refractivity contribution in [3.8, 4) is 0 Å². The number of para-hydroxylation sites is 1. The molecule has 0 saturated carbocycles. The molecule has 40 heavy (non-hydrogen) atoms. The fourth-order valence-corrected chi connectivity index (χ4v) is 5.31. The van der Waals surface area contributed by atoms with E-state index in [4.69, 9.17) is 4.74 Å². The summed E-state index contributed by atoms with van der Waals surface area (Å²) in [5, 5.41) is 5.39. The number of nitrogens with one attached hydrogen (secondary N) is 2. The average Bonchev–Trinajstić information content (AvgIpc) is 3.39. The summed E-state index contributed by atoms with van der Waals surface area (Å²) in [5.74, 6) is -1.51. The van der Waals surface area contributed by atoms with Gasteiger partial charge >= 0.3 is 12.0 Å². The summed E-state index contributed by atoms with van der Waals surface area (Å²) >= 11 is 1.20. The van der Waals surface area contributed by atoms with E-state index in [1.54, 1.807) is 72.8 Å². The number of ether oxygens (including phenoxy) is 1. The van der Waals surface area contributed by atoms with Crippen LogP contribution in [-0.4, -0.2) is 36.9 Å². The Bertz CT molecular complexity index is 1630. The molecule has 0 spiro atoms. The maximum absolute atomic E-state index is 15.0. The second-order valence-corrected chi connectivity index (χ2v) is 10.2. The molecule has 2 heterocycles. The number of nitrogens with zero attached hydrogens (tertiary/aromatic N) is 2. The number of esters is 1. The third kappa shape index (κ3) is 5.62. The van der Waals surface area contributed by atoms with Crippen LogP contribution in [0.1, 0.15) is 31.2 Å². The van der Waals surface area contributed by atoms with Gasteiger partial charge in [-0.1, -0.05) is 42.5 Å². The van der Waals surface area contributed by atoms with Crippen molar-refractivity contribution in [2.45, 2.75) is 19.6 Å². The normalized spacial score (nSPS) is 14.6. The lowest BCUT2D eigenvalue weighted by Crippen LogP contribution is -2.48. The first kappa shape index (κ1) is 26.8. The standard InChI is InChI=1S/C30H25FN4O4S/c1-18-8-7-9-19(16-18)32-30(38)34-27-28(36)35(17-20-14-15-25(40-20)29(37)39-2)24-13-6-4-11-22(24)26(33-27)21-10-3-5-12-23(21)31/h3-16,27H,17H2,1-2H3,(H2,32,34,38)/t27-/m0/s1. The van der Waals surface area contributed by atoms with Gasteiger partial charge in [-0.15, -0.1) is 11.3 Å². The van der Waals surface area contributed by atoms with Crippen molar-refractivity contribution in [1.29, 1.82) is 0 Å². The first-order valence-electron chi connectivity index (χ1n) is 12.4. The topological polar surface area (TPSA) is 100 Å². The van der Waals surface area contributed by atoms with E-state index in [0.29, 0.717) is 26.7 Å². The Morgan fingerprint density at radius 2 is 1.75 bits per heavy atom. The Labute approximate surface area is 234 Å². The molecular weight excluding hydrogens is 531 g/mol. The molecule has 10 heteroatoms. The van der Waals surface area contributed by atoms with Crippen molar-refractivity contribution in [2.24, 2.45) is 4.99 Å². The minimum Gasteiger partial charge on any atom is -0.465 e. The molecule has 8 nitrogen and oxygen atoms in total. The molecule has 4 aromatic rings. The first-order valence-corrected chi connectivity index (χ1v) is 13.2. The zero-order valence-corrected chi connectivity index (χ0v) is 22.5. The van der Waals surface area contributed by atoms with Crippen molar-refractivity contribution < 1.29 is 23.5 Å². The molecule has 3 aromatic carbocycles. The summed E-state index contributed by atoms with van der Waals surface area (Å²) in [7, 11) is 1.30. The monoisotopic (exact) mass is 556 g/mol. The molecule has 0 radical (unpaired) electrons. The van der Waals surface area contributed by atoms with E-state index in [-0.39, 0.29) is 17.8 Å². The van der Waals surface area contributed by atoms with Crippen LogP contribution in [0.2, 0.25) is 0 Å². The molecule has 0 fully saturated rings. The first-order chi connectivity index (χ1) is 19.3. The number of carbonyl (C=O) groups is 3. The van der Waals surface area contributed by atoms with Crippen LogP contribution in [0.25, 0.3) is 0 Å². The lowest BCUT2D eigenvalue weighted by molar-refractivity contribution is -0.120. The van der Waals surface area contributed by atoms with E-state index in [1.165, 1.54) is 29.4 Å². The number of aryl methyl sites for hydroxylation is 1. The number of amides is 3. The van der Waals surface area contributed by atoms with E-state index in [0.717, 1.165) is 5.56 Å². The summed E-state index contributed by atoms with van der Waals surface area (Å²) in [6.45, 7) is 1.99. The number of fused-ring (bicyclic) bond motifs is 1. The summed E-state index contributed by atoms with van der Waals surface area (Å²) < 4.78 is 19.9. The van der Waals surface area contributed by atoms with Crippen molar-refractivity contribution in [3.63, 3.8) is 0 Å². The fourth-order valence-electron chi connectivity index (χ4n) is 4.40. The van der Waals surface area contributed by atoms with Crippen molar-refractivity contribution in [2.75, 3.05) is 17.3 Å². The van der Waals surface area contributed by atoms with Crippen LogP contribution in [0.4, 0.5) is 20.6 Å². The summed E-state index contributed by atoms with van der Waals surface area (Å²) in [6.07, 6.45) is -1.37. The lowest BCUT2D eigenvalue weighted by atomic mass is 9.99. The highest BCUT2D eigenvalue weighted by molar-refractivity contribution is 7.13. The molecule has 2 N–H and O–H groups in total. The van der Waals surface area contributed by atoms with Crippen LogP contribution in [0, 0.1) is 12.7 Å². The molecule has 202 valence electrons. The maximum atomic E-state index is 15.0. The van der Waals surface area contributed by atoms with Gasteiger partial charge in [0, 0.05) is 21.7 Å². The number of hydrogen-bond donors (Lipinski definition) is 2. The molecule has 0 bridgehead atoms. The second-order valence-electron chi connectivity index (χ2n) is 9.03. The van der Waals surface area contributed by atoms with Crippen molar-refractivity contribution in [3.05, 3.63) is 117 Å². The highest BCUT2D eigenvalue weighted by atomic mass is 32.1. The Kier molecular flexibility index (Phi) is 7.70. The highest BCUT2D eigenvalue weighted by Gasteiger charge is 2.34. The van der Waals surface area contributed by atoms with Crippen molar-refractivity contribution >= 4 is 46.3 Å². The fraction of sp³-hybridized carbons (Fsp3) is 0.133. The summed E-state index contributed by atoms with van der Waals surface area (Å²) in [6, 6.07) is 23.1. The van der Waals surface area contributed by atoms with Crippen LogP contribution in [0.15, 0.2) is 89.9 Å². The van der Waals surface area contributed by atoms with E-state index in [2.05, 4.69) is 15.6 Å². The molecule has 3 amide bonds. The molecular formula is C30H25FN4O4S. The van der Waals surface area contributed by atoms with Crippen LogP contribution >= 0.6 is 11.3 Å². The van der Waals surface area contributed by atoms with Gasteiger partial charge < -0.3 is 20.3 Å². The van der Waals surface area contributed by atoms with Gasteiger partial charge in [0.25, 0.3) is 5.91 Å². The van der Waals surface area contributed by atoms with Crippen LogP contribution in [-0.2, 0) is 16.1 Å². The van der Waals surface area contributed by atoms with Crippen molar-refractivity contribution in [1.82, 2.24) is 5.32 Å². The van der Waals surface area contributed by atoms with Gasteiger partial charge in [-0.05, 0) is 55.0 Å². The number of hydrogen-bond acceptors (Lipinski definition) is 6. The minimum absolute atomic E-state index is 0.0925. The summed E-state index contributed by atoms with van der Waals surface area (Å²) in [5.41, 5.74) is 2.93. The van der Waals surface area contributed by atoms with Gasteiger partial charge in [0.2, 0.25) is 6.17 Å². The zero-order valence-electron chi connectivity index (χ0n) is 21.7. The highest BCUT2D eigenvalue weighted by Crippen LogP contribution is 2.31. The number of methoxy groups -OCH3 is 1. The van der Waals surface area contributed by atoms with Crippen LogP contribution in [0.3, 0.4) is 0 Å². The van der Waals surface area contributed by atoms with Gasteiger partial charge in [-0.3, -0.25) is 4.79 Å². The molecule has 0 unspecified atom stereocenters. The van der Waals surface area contributed by atoms with E-state index in [1.807, 2.05) is 13.0 Å². The number of thiophene rings is 1. The Hall–Kier alpha value is -4.83. The zero-order chi connectivity index (χ0) is 28.2. The van der Waals surface area contributed by atoms with Gasteiger partial charge in [-0.25, -0.2) is 19.0 Å². The van der Waals surface area contributed by atoms with E-state index >= 15 is 4.39 Å². The average molecular weight is 557 g/mol. The number of urea groups is 1. The van der Waals surface area contributed by atoms with E-state index in [9.17, 15) is 14.4 Å². The second kappa shape index (κ2) is 11.5. The smallest absolute Gasteiger partial charge is 0.348 e. The molecule has 0 saturated heterocycles. The molecule has 1 aromatic heterocycles. The predicted molar refractivity (Wildman–Crippen MR) is 152 cm³/mol. The molecule has 0 aliphatic carbocycles. The third-order valence-corrected chi connectivity index (χ3v) is 7.29. The third-order valence-electron chi connectivity index (χ3n) is 6.24. The van der Waals surface area contributed by atoms with Gasteiger partial charge in [0.05, 0.1) is 25.1 Å². The lowest BCUT2D eigenvalue weighted by Gasteiger charge is -2.25. The minimum atomic E-state index is -1.37.